The van der Waals surface area contributed by atoms with Crippen molar-refractivity contribution in [1.82, 2.24) is 9.38 Å². The molecule has 1 aliphatic rings. The van der Waals surface area contributed by atoms with Crippen LogP contribution in [-0.2, 0) is 11.2 Å². The molecule has 0 fully saturated rings. The molecule has 2 aromatic carbocycles. The van der Waals surface area contributed by atoms with Gasteiger partial charge in [0.15, 0.2) is 35.3 Å². The fraction of sp³-hybridized carbons (Fsp3) is 0.250. The minimum Gasteiger partial charge on any atom is -0.493 e. The highest BCUT2D eigenvalue weighted by Crippen LogP contribution is 2.41. The lowest BCUT2D eigenvalue weighted by atomic mass is 10.1. The summed E-state index contributed by atoms with van der Waals surface area (Å²) in [5.74, 6) is 1.01. The number of esters is 1. The van der Waals surface area contributed by atoms with Gasteiger partial charge in [0, 0.05) is 12.6 Å². The van der Waals surface area contributed by atoms with E-state index in [9.17, 15) is 9.59 Å². The lowest BCUT2D eigenvalue weighted by molar-refractivity contribution is -0.00291. The van der Waals surface area contributed by atoms with E-state index in [1.165, 1.54) is 21.3 Å². The molecular weight excluding hydrogens is 476 g/mol. The van der Waals surface area contributed by atoms with E-state index < -0.39 is 18.2 Å². The molecule has 0 saturated carbocycles. The second-order valence-electron chi connectivity index (χ2n) is 8.57. The van der Waals surface area contributed by atoms with E-state index in [4.69, 9.17) is 23.7 Å². The number of imidazole rings is 1. The van der Waals surface area contributed by atoms with E-state index in [0.29, 0.717) is 46.5 Å². The summed E-state index contributed by atoms with van der Waals surface area (Å²) in [6.45, 7) is 1.77. The Labute approximate surface area is 213 Å². The summed E-state index contributed by atoms with van der Waals surface area (Å²) < 4.78 is 30.3. The molecule has 4 aromatic rings. The summed E-state index contributed by atoms with van der Waals surface area (Å²) >= 11 is 0. The first kappa shape index (κ1) is 24.2. The number of hydrogen-bond donors (Lipinski definition) is 0. The minimum absolute atomic E-state index is 0.255. The number of aryl methyl sites for hydroxylation is 1. The number of benzene rings is 2. The molecule has 0 bridgehead atoms. The SMILES string of the molecule is COc1cc(C(=O)O[C@@H]2Cc3ccccc3[C@H]2Oc2cccn3c(C=O)c(C)nc23)cc(OC)c1OC. The predicted molar refractivity (Wildman–Crippen MR) is 134 cm³/mol. The first-order valence-electron chi connectivity index (χ1n) is 11.7. The lowest BCUT2D eigenvalue weighted by Gasteiger charge is -2.23. The van der Waals surface area contributed by atoms with Crippen LogP contribution >= 0.6 is 0 Å². The van der Waals surface area contributed by atoms with Crippen LogP contribution in [0.4, 0.5) is 0 Å². The van der Waals surface area contributed by atoms with Crippen molar-refractivity contribution in [2.75, 3.05) is 21.3 Å². The van der Waals surface area contributed by atoms with E-state index in [-0.39, 0.29) is 5.56 Å². The molecule has 0 N–H and O–H groups in total. The number of carbonyl (C=O) groups excluding carboxylic acids is 2. The first-order valence-corrected chi connectivity index (χ1v) is 11.7. The number of ether oxygens (including phenoxy) is 5. The number of rotatable bonds is 8. The third-order valence-corrected chi connectivity index (χ3v) is 6.48. The van der Waals surface area contributed by atoms with E-state index in [1.807, 2.05) is 24.3 Å². The molecule has 9 heteroatoms. The Balaban J connectivity index is 1.48. The molecular formula is C28H26N2O7. The third-order valence-electron chi connectivity index (χ3n) is 6.48. The quantitative estimate of drug-likeness (QED) is 0.259. The number of hydrogen-bond acceptors (Lipinski definition) is 8. The number of aldehydes is 1. The van der Waals surface area contributed by atoms with Gasteiger partial charge >= 0.3 is 5.97 Å². The summed E-state index contributed by atoms with van der Waals surface area (Å²) in [7, 11) is 4.46. The standard InChI is InChI=1S/C28H26N2O7/c1-16-20(15-31)30-11-7-10-21(27(30)29-16)36-25-19-9-6-5-8-17(19)12-24(25)37-28(32)18-13-22(33-2)26(35-4)23(14-18)34-3/h5-11,13-15,24-25H,12H2,1-4H3/t24-,25-/m1/s1. The number of methoxy groups -OCH3 is 3. The van der Waals surface area contributed by atoms with Crippen LogP contribution in [0.5, 0.6) is 23.0 Å². The molecule has 2 aromatic heterocycles. The maximum Gasteiger partial charge on any atom is 0.338 e. The number of nitrogens with zero attached hydrogens (tertiary/aromatic N) is 2. The van der Waals surface area contributed by atoms with Crippen LogP contribution in [0.3, 0.4) is 0 Å². The van der Waals surface area contributed by atoms with Gasteiger partial charge in [-0.3, -0.25) is 9.20 Å². The van der Waals surface area contributed by atoms with Crippen LogP contribution in [0.25, 0.3) is 5.65 Å². The van der Waals surface area contributed by atoms with Gasteiger partial charge in [0.05, 0.1) is 32.6 Å². The van der Waals surface area contributed by atoms with Gasteiger partial charge in [-0.25, -0.2) is 9.78 Å². The molecule has 1 aliphatic carbocycles. The van der Waals surface area contributed by atoms with Gasteiger partial charge in [-0.05, 0) is 42.3 Å². The van der Waals surface area contributed by atoms with Crippen LogP contribution < -0.4 is 18.9 Å². The maximum atomic E-state index is 13.3. The molecule has 2 atom stereocenters. The Kier molecular flexibility index (Phi) is 6.43. The fourth-order valence-electron chi connectivity index (χ4n) is 4.71. The third kappa shape index (κ3) is 4.22. The van der Waals surface area contributed by atoms with Gasteiger partial charge in [0.25, 0.3) is 0 Å². The molecule has 2 heterocycles. The van der Waals surface area contributed by atoms with Crippen molar-refractivity contribution in [1.29, 1.82) is 0 Å². The van der Waals surface area contributed by atoms with Crippen LogP contribution in [0.2, 0.25) is 0 Å². The Bertz CT molecular complexity index is 1470. The average molecular weight is 503 g/mol. The molecule has 5 rings (SSSR count). The molecule has 0 radical (unpaired) electrons. The summed E-state index contributed by atoms with van der Waals surface area (Å²) in [5, 5.41) is 0. The normalized spacial score (nSPS) is 16.2. The highest BCUT2D eigenvalue weighted by molar-refractivity contribution is 5.91. The number of pyridine rings is 1. The zero-order valence-corrected chi connectivity index (χ0v) is 20.9. The number of aromatic nitrogens is 2. The van der Waals surface area contributed by atoms with Crippen LogP contribution in [0.1, 0.15) is 43.8 Å². The summed E-state index contributed by atoms with van der Waals surface area (Å²) in [6.07, 6.45) is 1.83. The predicted octanol–water partition coefficient (Wildman–Crippen LogP) is 4.38. The second-order valence-corrected chi connectivity index (χ2v) is 8.57. The van der Waals surface area contributed by atoms with E-state index in [2.05, 4.69) is 4.98 Å². The Morgan fingerprint density at radius 1 is 1.00 bits per heavy atom. The first-order chi connectivity index (χ1) is 18.0. The van der Waals surface area contributed by atoms with Crippen molar-refractivity contribution in [3.8, 4) is 23.0 Å². The second kappa shape index (κ2) is 9.85. The summed E-state index contributed by atoms with van der Waals surface area (Å²) in [4.78, 5) is 29.4. The molecule has 0 saturated heterocycles. The largest absolute Gasteiger partial charge is 0.493 e. The van der Waals surface area contributed by atoms with Gasteiger partial charge in [-0.2, -0.15) is 0 Å². The summed E-state index contributed by atoms with van der Waals surface area (Å²) in [6, 6.07) is 14.5. The Hall–Kier alpha value is -4.53. The van der Waals surface area contributed by atoms with Crippen molar-refractivity contribution in [2.24, 2.45) is 0 Å². The molecule has 0 amide bonds. The van der Waals surface area contributed by atoms with E-state index in [1.54, 1.807) is 41.8 Å². The molecule has 9 nitrogen and oxygen atoms in total. The molecule has 0 aliphatic heterocycles. The van der Waals surface area contributed by atoms with Crippen molar-refractivity contribution in [3.63, 3.8) is 0 Å². The fourth-order valence-corrected chi connectivity index (χ4v) is 4.71. The smallest absolute Gasteiger partial charge is 0.338 e. The van der Waals surface area contributed by atoms with Crippen molar-refractivity contribution in [2.45, 2.75) is 25.6 Å². The van der Waals surface area contributed by atoms with E-state index >= 15 is 0 Å². The number of fused-ring (bicyclic) bond motifs is 2. The van der Waals surface area contributed by atoms with Crippen molar-refractivity contribution < 1.29 is 33.3 Å². The van der Waals surface area contributed by atoms with Crippen LogP contribution in [0, 0.1) is 6.92 Å². The Morgan fingerprint density at radius 2 is 1.73 bits per heavy atom. The van der Waals surface area contributed by atoms with Crippen LogP contribution in [0.15, 0.2) is 54.7 Å². The van der Waals surface area contributed by atoms with Gasteiger partial charge in [-0.15, -0.1) is 0 Å². The zero-order valence-electron chi connectivity index (χ0n) is 20.9. The van der Waals surface area contributed by atoms with Gasteiger partial charge in [-0.1, -0.05) is 24.3 Å². The molecule has 0 unspecified atom stereocenters. The highest BCUT2D eigenvalue weighted by Gasteiger charge is 2.38. The van der Waals surface area contributed by atoms with Crippen LogP contribution in [-0.4, -0.2) is 49.1 Å². The molecule has 37 heavy (non-hydrogen) atoms. The minimum atomic E-state index is -0.606. The number of carbonyl (C=O) groups is 2. The zero-order chi connectivity index (χ0) is 26.1. The maximum absolute atomic E-state index is 13.3. The topological polar surface area (TPSA) is 97.6 Å². The van der Waals surface area contributed by atoms with Gasteiger partial charge in [0.2, 0.25) is 5.75 Å². The average Bonchev–Trinajstić information content (AvgIpc) is 3.43. The van der Waals surface area contributed by atoms with Gasteiger partial charge in [0.1, 0.15) is 11.8 Å². The monoisotopic (exact) mass is 502 g/mol. The van der Waals surface area contributed by atoms with E-state index in [0.717, 1.165) is 17.4 Å². The van der Waals surface area contributed by atoms with Crippen molar-refractivity contribution >= 4 is 17.9 Å². The highest BCUT2D eigenvalue weighted by atomic mass is 16.6. The summed E-state index contributed by atoms with van der Waals surface area (Å²) in [5.41, 5.74) is 3.77. The van der Waals surface area contributed by atoms with Crippen molar-refractivity contribution in [3.05, 3.63) is 82.8 Å². The lowest BCUT2D eigenvalue weighted by Crippen LogP contribution is -2.26. The molecule has 0 spiro atoms. The van der Waals surface area contributed by atoms with Gasteiger partial charge < -0.3 is 23.7 Å². The molecule has 190 valence electrons. The Morgan fingerprint density at radius 3 is 2.41 bits per heavy atom.